The average Bonchev–Trinajstić information content (AvgIpc) is 2.76. The predicted molar refractivity (Wildman–Crippen MR) is 71.7 cm³/mol. The highest BCUT2D eigenvalue weighted by Gasteiger charge is 2.20. The Labute approximate surface area is 114 Å². The highest BCUT2D eigenvalue weighted by molar-refractivity contribution is 5.85. The van der Waals surface area contributed by atoms with Gasteiger partial charge >= 0.3 is 0 Å². The number of amides is 2. The molecule has 0 aromatic rings. The van der Waals surface area contributed by atoms with E-state index >= 15 is 0 Å². The zero-order valence-electron chi connectivity index (χ0n) is 10.7. The van der Waals surface area contributed by atoms with Gasteiger partial charge in [-0.05, 0) is 12.8 Å². The topological polar surface area (TPSA) is 52.7 Å². The van der Waals surface area contributed by atoms with Gasteiger partial charge in [0.2, 0.25) is 11.8 Å². The van der Waals surface area contributed by atoms with E-state index in [0.717, 1.165) is 52.1 Å². The van der Waals surface area contributed by atoms with E-state index in [9.17, 15) is 9.59 Å². The van der Waals surface area contributed by atoms with E-state index in [0.29, 0.717) is 12.8 Å². The quantitative estimate of drug-likeness (QED) is 0.800. The van der Waals surface area contributed by atoms with Gasteiger partial charge in [-0.25, -0.2) is 0 Å². The van der Waals surface area contributed by atoms with Crippen LogP contribution in [0.5, 0.6) is 0 Å². The molecule has 0 unspecified atom stereocenters. The fourth-order valence-electron chi connectivity index (χ4n) is 2.43. The van der Waals surface area contributed by atoms with Gasteiger partial charge in [-0.3, -0.25) is 9.59 Å². The maximum atomic E-state index is 11.8. The van der Waals surface area contributed by atoms with Crippen LogP contribution in [0.15, 0.2) is 0 Å². The second kappa shape index (κ2) is 7.59. The monoisotopic (exact) mass is 275 g/mol. The number of rotatable bonds is 4. The average molecular weight is 276 g/mol. The molecule has 2 saturated heterocycles. The van der Waals surface area contributed by atoms with E-state index in [1.54, 1.807) is 0 Å². The van der Waals surface area contributed by atoms with E-state index < -0.39 is 0 Å². The molecule has 1 N–H and O–H groups in total. The van der Waals surface area contributed by atoms with Crippen molar-refractivity contribution in [2.24, 2.45) is 0 Å². The SMILES string of the molecule is Cl.O=C1CCCN1CCCC(=O)N1CCNCC1. The summed E-state index contributed by atoms with van der Waals surface area (Å²) in [5, 5.41) is 3.23. The Kier molecular flexibility index (Phi) is 6.43. The van der Waals surface area contributed by atoms with Crippen molar-refractivity contribution in [1.29, 1.82) is 0 Å². The molecule has 6 heteroatoms. The number of hydrogen-bond donors (Lipinski definition) is 1. The first-order chi connectivity index (χ1) is 8.27. The number of halogens is 1. The Morgan fingerprint density at radius 3 is 2.56 bits per heavy atom. The van der Waals surface area contributed by atoms with Crippen LogP contribution in [0.25, 0.3) is 0 Å². The van der Waals surface area contributed by atoms with Crippen LogP contribution >= 0.6 is 12.4 Å². The molecule has 0 aromatic carbocycles. The van der Waals surface area contributed by atoms with Gasteiger partial charge < -0.3 is 15.1 Å². The summed E-state index contributed by atoms with van der Waals surface area (Å²) in [5.74, 6) is 0.484. The normalized spacial score (nSPS) is 19.9. The molecule has 0 radical (unpaired) electrons. The van der Waals surface area contributed by atoms with E-state index in [4.69, 9.17) is 0 Å². The van der Waals surface area contributed by atoms with Crippen LogP contribution in [-0.4, -0.2) is 60.9 Å². The largest absolute Gasteiger partial charge is 0.343 e. The molecule has 0 saturated carbocycles. The summed E-state index contributed by atoms with van der Waals surface area (Å²) in [6.07, 6.45) is 3.04. The molecule has 104 valence electrons. The van der Waals surface area contributed by atoms with Crippen LogP contribution in [0.4, 0.5) is 0 Å². The fraction of sp³-hybridized carbons (Fsp3) is 0.833. The second-order valence-electron chi connectivity index (χ2n) is 4.72. The molecule has 0 spiro atoms. The Morgan fingerprint density at radius 1 is 1.22 bits per heavy atom. The van der Waals surface area contributed by atoms with Gasteiger partial charge in [-0.2, -0.15) is 0 Å². The van der Waals surface area contributed by atoms with Gasteiger partial charge in [-0.15, -0.1) is 12.4 Å². The first kappa shape index (κ1) is 15.2. The molecule has 0 atom stereocenters. The summed E-state index contributed by atoms with van der Waals surface area (Å²) in [4.78, 5) is 27.0. The minimum Gasteiger partial charge on any atom is -0.343 e. The molecule has 2 aliphatic rings. The van der Waals surface area contributed by atoms with Gasteiger partial charge in [0.1, 0.15) is 0 Å². The summed E-state index contributed by atoms with van der Waals surface area (Å²) in [7, 11) is 0. The molecule has 18 heavy (non-hydrogen) atoms. The number of hydrogen-bond acceptors (Lipinski definition) is 3. The third kappa shape index (κ3) is 4.14. The van der Waals surface area contributed by atoms with Crippen molar-refractivity contribution >= 4 is 24.2 Å². The molecule has 0 aromatic heterocycles. The Hall–Kier alpha value is -0.810. The molecule has 5 nitrogen and oxygen atoms in total. The number of carbonyl (C=O) groups is 2. The Bertz CT molecular complexity index is 293. The van der Waals surface area contributed by atoms with Crippen LogP contribution in [0.1, 0.15) is 25.7 Å². The van der Waals surface area contributed by atoms with Crippen molar-refractivity contribution in [2.45, 2.75) is 25.7 Å². The Morgan fingerprint density at radius 2 is 1.94 bits per heavy atom. The van der Waals surface area contributed by atoms with Crippen LogP contribution in [0.3, 0.4) is 0 Å². The zero-order valence-corrected chi connectivity index (χ0v) is 11.5. The molecule has 0 bridgehead atoms. The van der Waals surface area contributed by atoms with Crippen molar-refractivity contribution < 1.29 is 9.59 Å². The first-order valence-corrected chi connectivity index (χ1v) is 6.53. The van der Waals surface area contributed by atoms with E-state index in [2.05, 4.69) is 5.32 Å². The molecule has 2 aliphatic heterocycles. The molecule has 2 rings (SSSR count). The lowest BCUT2D eigenvalue weighted by molar-refractivity contribution is -0.133. The van der Waals surface area contributed by atoms with E-state index in [-0.39, 0.29) is 24.2 Å². The summed E-state index contributed by atoms with van der Waals surface area (Å²) in [6.45, 7) is 5.06. The molecular formula is C12H22ClN3O2. The summed E-state index contributed by atoms with van der Waals surface area (Å²) >= 11 is 0. The maximum Gasteiger partial charge on any atom is 0.222 e. The van der Waals surface area contributed by atoms with Crippen molar-refractivity contribution in [2.75, 3.05) is 39.3 Å². The summed E-state index contributed by atoms with van der Waals surface area (Å²) < 4.78 is 0. The predicted octanol–water partition coefficient (Wildman–Crippen LogP) is 0.243. The molecule has 2 fully saturated rings. The van der Waals surface area contributed by atoms with Gasteiger partial charge in [0.25, 0.3) is 0 Å². The Balaban J connectivity index is 0.00000162. The minimum atomic E-state index is 0. The van der Waals surface area contributed by atoms with Gasteiger partial charge in [0, 0.05) is 52.1 Å². The summed E-state index contributed by atoms with van der Waals surface area (Å²) in [5.41, 5.74) is 0. The van der Waals surface area contributed by atoms with Crippen molar-refractivity contribution in [1.82, 2.24) is 15.1 Å². The number of nitrogens with one attached hydrogen (secondary N) is 1. The molecule has 2 heterocycles. The standard InChI is InChI=1S/C12H21N3O2.ClH/c16-11-3-1-7-14(11)8-2-4-12(17)15-9-5-13-6-10-15;/h13H,1-10H2;1H. The molecule has 0 aliphatic carbocycles. The number of nitrogens with zero attached hydrogens (tertiary/aromatic N) is 2. The highest BCUT2D eigenvalue weighted by Crippen LogP contribution is 2.11. The smallest absolute Gasteiger partial charge is 0.222 e. The van der Waals surface area contributed by atoms with E-state index in [1.165, 1.54) is 0 Å². The van der Waals surface area contributed by atoms with Crippen LogP contribution in [0, 0.1) is 0 Å². The third-order valence-electron chi connectivity index (χ3n) is 3.46. The molecular weight excluding hydrogens is 254 g/mol. The molecule has 2 amide bonds. The third-order valence-corrected chi connectivity index (χ3v) is 3.46. The van der Waals surface area contributed by atoms with Gasteiger partial charge in [0.15, 0.2) is 0 Å². The van der Waals surface area contributed by atoms with Crippen LogP contribution < -0.4 is 5.32 Å². The van der Waals surface area contributed by atoms with Gasteiger partial charge in [-0.1, -0.05) is 0 Å². The van der Waals surface area contributed by atoms with Crippen LogP contribution in [0.2, 0.25) is 0 Å². The van der Waals surface area contributed by atoms with Gasteiger partial charge in [0.05, 0.1) is 0 Å². The van der Waals surface area contributed by atoms with Crippen molar-refractivity contribution in [3.05, 3.63) is 0 Å². The first-order valence-electron chi connectivity index (χ1n) is 6.53. The fourth-order valence-corrected chi connectivity index (χ4v) is 2.43. The lowest BCUT2D eigenvalue weighted by atomic mass is 10.2. The summed E-state index contributed by atoms with van der Waals surface area (Å²) in [6, 6.07) is 0. The van der Waals surface area contributed by atoms with Crippen molar-refractivity contribution in [3.63, 3.8) is 0 Å². The van der Waals surface area contributed by atoms with Crippen molar-refractivity contribution in [3.8, 4) is 0 Å². The lowest BCUT2D eigenvalue weighted by Gasteiger charge is -2.27. The maximum absolute atomic E-state index is 11.8. The van der Waals surface area contributed by atoms with Crippen LogP contribution in [-0.2, 0) is 9.59 Å². The number of carbonyl (C=O) groups excluding carboxylic acids is 2. The number of piperazine rings is 1. The minimum absolute atomic E-state index is 0. The number of likely N-dealkylation sites (tertiary alicyclic amines) is 1. The zero-order chi connectivity index (χ0) is 12.1. The lowest BCUT2D eigenvalue weighted by Crippen LogP contribution is -2.46. The van der Waals surface area contributed by atoms with E-state index in [1.807, 2.05) is 9.80 Å². The highest BCUT2D eigenvalue weighted by atomic mass is 35.5. The second-order valence-corrected chi connectivity index (χ2v) is 4.72.